The van der Waals surface area contributed by atoms with Crippen molar-refractivity contribution >= 4 is 0 Å². The molecule has 0 saturated carbocycles. The molecule has 0 spiro atoms. The summed E-state index contributed by atoms with van der Waals surface area (Å²) in [6, 6.07) is 6.49. The molecule has 0 heterocycles. The molecule has 1 rings (SSSR count). The highest BCUT2D eigenvalue weighted by Gasteiger charge is 2.02. The lowest BCUT2D eigenvalue weighted by molar-refractivity contribution is 0.160. The molecule has 0 saturated heterocycles. The predicted octanol–water partition coefficient (Wildman–Crippen LogP) is 2.55. The smallest absolute Gasteiger partial charge is 0.0664 e. The summed E-state index contributed by atoms with van der Waals surface area (Å²) in [6.45, 7) is 7.86. The molecule has 0 aliphatic carbocycles. The summed E-state index contributed by atoms with van der Waals surface area (Å²) in [5.41, 5.74) is 3.94. The van der Waals surface area contributed by atoms with Crippen molar-refractivity contribution in [3.63, 3.8) is 0 Å². The minimum Gasteiger partial charge on any atom is -0.392 e. The Bertz CT molecular complexity index is 323. The van der Waals surface area contributed by atoms with E-state index in [-0.39, 0.29) is 6.10 Å². The Morgan fingerprint density at radius 3 is 2.62 bits per heavy atom. The standard InChI is InChI=1S/C14H23NO/c1-4-5-14(16)10-15-9-13-7-6-11(2)12(3)8-13/h6-8,14-16H,4-5,9-10H2,1-3H3. The number of benzene rings is 1. The van der Waals surface area contributed by atoms with Crippen LogP contribution in [0.15, 0.2) is 18.2 Å². The highest BCUT2D eigenvalue weighted by atomic mass is 16.3. The third-order valence-corrected chi connectivity index (χ3v) is 2.90. The average molecular weight is 221 g/mol. The van der Waals surface area contributed by atoms with Crippen LogP contribution >= 0.6 is 0 Å². The van der Waals surface area contributed by atoms with E-state index in [1.54, 1.807) is 0 Å². The Balaban J connectivity index is 2.34. The van der Waals surface area contributed by atoms with E-state index >= 15 is 0 Å². The fourth-order valence-corrected chi connectivity index (χ4v) is 1.73. The van der Waals surface area contributed by atoms with Crippen molar-refractivity contribution < 1.29 is 5.11 Å². The van der Waals surface area contributed by atoms with Crippen LogP contribution in [0.5, 0.6) is 0 Å². The Kier molecular flexibility index (Phi) is 5.50. The monoisotopic (exact) mass is 221 g/mol. The molecular weight excluding hydrogens is 198 g/mol. The molecule has 2 N–H and O–H groups in total. The Morgan fingerprint density at radius 1 is 1.25 bits per heavy atom. The fraction of sp³-hybridized carbons (Fsp3) is 0.571. The molecule has 1 aromatic rings. The van der Waals surface area contributed by atoms with Gasteiger partial charge in [0.1, 0.15) is 0 Å². The number of hydrogen-bond donors (Lipinski definition) is 2. The zero-order chi connectivity index (χ0) is 12.0. The number of hydrogen-bond acceptors (Lipinski definition) is 2. The first-order chi connectivity index (χ1) is 7.63. The summed E-state index contributed by atoms with van der Waals surface area (Å²) in [4.78, 5) is 0. The van der Waals surface area contributed by atoms with Crippen LogP contribution < -0.4 is 5.32 Å². The first-order valence-electron chi connectivity index (χ1n) is 6.08. The molecule has 0 aromatic heterocycles. The molecule has 90 valence electrons. The van der Waals surface area contributed by atoms with Gasteiger partial charge in [-0.25, -0.2) is 0 Å². The Labute approximate surface area is 98.7 Å². The quantitative estimate of drug-likeness (QED) is 0.773. The summed E-state index contributed by atoms with van der Waals surface area (Å²) in [7, 11) is 0. The van der Waals surface area contributed by atoms with Crippen LogP contribution in [0.1, 0.15) is 36.5 Å². The first-order valence-corrected chi connectivity index (χ1v) is 6.08. The highest BCUT2D eigenvalue weighted by molar-refractivity contribution is 5.29. The van der Waals surface area contributed by atoms with Crippen LogP contribution in [0.25, 0.3) is 0 Å². The van der Waals surface area contributed by atoms with Gasteiger partial charge in [-0.2, -0.15) is 0 Å². The van der Waals surface area contributed by atoms with Crippen LogP contribution in [0.3, 0.4) is 0 Å². The maximum absolute atomic E-state index is 9.56. The van der Waals surface area contributed by atoms with Gasteiger partial charge in [-0.3, -0.25) is 0 Å². The largest absolute Gasteiger partial charge is 0.392 e. The third-order valence-electron chi connectivity index (χ3n) is 2.90. The van der Waals surface area contributed by atoms with E-state index in [0.29, 0.717) is 6.54 Å². The zero-order valence-corrected chi connectivity index (χ0v) is 10.6. The van der Waals surface area contributed by atoms with Gasteiger partial charge in [0.2, 0.25) is 0 Å². The number of aryl methyl sites for hydroxylation is 2. The molecule has 2 heteroatoms. The van der Waals surface area contributed by atoms with Gasteiger partial charge in [0, 0.05) is 13.1 Å². The second kappa shape index (κ2) is 6.66. The summed E-state index contributed by atoms with van der Waals surface area (Å²) >= 11 is 0. The van der Waals surface area contributed by atoms with Gasteiger partial charge in [-0.15, -0.1) is 0 Å². The number of rotatable bonds is 6. The Hall–Kier alpha value is -0.860. The molecule has 0 amide bonds. The molecule has 0 radical (unpaired) electrons. The first kappa shape index (κ1) is 13.2. The van der Waals surface area contributed by atoms with Gasteiger partial charge in [-0.1, -0.05) is 31.5 Å². The van der Waals surface area contributed by atoms with Gasteiger partial charge >= 0.3 is 0 Å². The average Bonchev–Trinajstić information content (AvgIpc) is 2.24. The maximum atomic E-state index is 9.56. The van der Waals surface area contributed by atoms with E-state index in [1.165, 1.54) is 16.7 Å². The number of aliphatic hydroxyl groups is 1. The molecule has 16 heavy (non-hydrogen) atoms. The zero-order valence-electron chi connectivity index (χ0n) is 10.6. The molecule has 0 bridgehead atoms. The van der Waals surface area contributed by atoms with Gasteiger partial charge in [0.25, 0.3) is 0 Å². The molecule has 1 atom stereocenters. The second-order valence-corrected chi connectivity index (χ2v) is 4.49. The molecule has 0 aliphatic rings. The molecule has 0 fully saturated rings. The van der Waals surface area contributed by atoms with Gasteiger partial charge in [-0.05, 0) is 37.0 Å². The van der Waals surface area contributed by atoms with Crippen molar-refractivity contribution in [3.8, 4) is 0 Å². The molecular formula is C14H23NO. The van der Waals surface area contributed by atoms with E-state index in [0.717, 1.165) is 19.4 Å². The number of aliphatic hydroxyl groups excluding tert-OH is 1. The topological polar surface area (TPSA) is 32.3 Å². The minimum atomic E-state index is -0.212. The van der Waals surface area contributed by atoms with Crippen molar-refractivity contribution in [3.05, 3.63) is 34.9 Å². The molecule has 0 aliphatic heterocycles. The number of nitrogens with one attached hydrogen (secondary N) is 1. The van der Waals surface area contributed by atoms with Crippen molar-refractivity contribution in [2.75, 3.05) is 6.54 Å². The van der Waals surface area contributed by atoms with E-state index < -0.39 is 0 Å². The third kappa shape index (κ3) is 4.33. The van der Waals surface area contributed by atoms with Gasteiger partial charge < -0.3 is 10.4 Å². The summed E-state index contributed by atoms with van der Waals surface area (Å²) in [5.74, 6) is 0. The Morgan fingerprint density at radius 2 is 2.00 bits per heavy atom. The normalized spacial score (nSPS) is 12.8. The van der Waals surface area contributed by atoms with E-state index in [1.807, 2.05) is 0 Å². The van der Waals surface area contributed by atoms with Crippen LogP contribution in [0.4, 0.5) is 0 Å². The SMILES string of the molecule is CCCC(O)CNCc1ccc(C)c(C)c1. The fourth-order valence-electron chi connectivity index (χ4n) is 1.73. The van der Waals surface area contributed by atoms with Gasteiger partial charge in [0.05, 0.1) is 6.10 Å². The second-order valence-electron chi connectivity index (χ2n) is 4.49. The minimum absolute atomic E-state index is 0.212. The maximum Gasteiger partial charge on any atom is 0.0664 e. The van der Waals surface area contributed by atoms with E-state index in [4.69, 9.17) is 0 Å². The van der Waals surface area contributed by atoms with Crippen molar-refractivity contribution in [2.24, 2.45) is 0 Å². The van der Waals surface area contributed by atoms with Crippen LogP contribution in [0, 0.1) is 13.8 Å². The summed E-state index contributed by atoms with van der Waals surface area (Å²) in [6.07, 6.45) is 1.70. The van der Waals surface area contributed by atoms with Crippen molar-refractivity contribution in [1.82, 2.24) is 5.32 Å². The lowest BCUT2D eigenvalue weighted by Gasteiger charge is -2.11. The van der Waals surface area contributed by atoms with Crippen LogP contribution in [0.2, 0.25) is 0 Å². The van der Waals surface area contributed by atoms with E-state index in [2.05, 4.69) is 44.3 Å². The van der Waals surface area contributed by atoms with Crippen molar-refractivity contribution in [1.29, 1.82) is 0 Å². The molecule has 1 unspecified atom stereocenters. The lowest BCUT2D eigenvalue weighted by atomic mass is 10.1. The van der Waals surface area contributed by atoms with Crippen LogP contribution in [-0.2, 0) is 6.54 Å². The molecule has 1 aromatic carbocycles. The summed E-state index contributed by atoms with van der Waals surface area (Å²) in [5, 5.41) is 12.8. The lowest BCUT2D eigenvalue weighted by Crippen LogP contribution is -2.26. The van der Waals surface area contributed by atoms with Crippen LogP contribution in [-0.4, -0.2) is 17.8 Å². The van der Waals surface area contributed by atoms with E-state index in [9.17, 15) is 5.11 Å². The summed E-state index contributed by atoms with van der Waals surface area (Å²) < 4.78 is 0. The predicted molar refractivity (Wildman–Crippen MR) is 68.5 cm³/mol. The molecule has 2 nitrogen and oxygen atoms in total. The highest BCUT2D eigenvalue weighted by Crippen LogP contribution is 2.09. The van der Waals surface area contributed by atoms with Gasteiger partial charge in [0.15, 0.2) is 0 Å². The van der Waals surface area contributed by atoms with Crippen molar-refractivity contribution in [2.45, 2.75) is 46.3 Å².